The summed E-state index contributed by atoms with van der Waals surface area (Å²) in [6, 6.07) is 5.40. The normalized spacial score (nSPS) is 18.2. The first-order chi connectivity index (χ1) is 14.9. The molecule has 1 aliphatic rings. The number of aryl methyl sites for hydroxylation is 1. The van der Waals surface area contributed by atoms with E-state index < -0.39 is 0 Å². The van der Waals surface area contributed by atoms with E-state index in [0.717, 1.165) is 43.6 Å². The molecule has 1 fully saturated rings. The van der Waals surface area contributed by atoms with E-state index in [9.17, 15) is 4.79 Å². The molecule has 168 valence electrons. The first kappa shape index (κ1) is 22.7. The van der Waals surface area contributed by atoms with Crippen molar-refractivity contribution in [1.82, 2.24) is 15.3 Å². The summed E-state index contributed by atoms with van der Waals surface area (Å²) in [5, 5.41) is 6.54. The fraction of sp³-hybridized carbons (Fsp3) is 0.522. The summed E-state index contributed by atoms with van der Waals surface area (Å²) in [6.45, 7) is 2.85. The Hall–Kier alpha value is -3.03. The largest absolute Gasteiger partial charge is 0.497 e. The van der Waals surface area contributed by atoms with Crippen LogP contribution in [0.3, 0.4) is 0 Å². The first-order valence-electron chi connectivity index (χ1n) is 10.7. The van der Waals surface area contributed by atoms with Crippen LogP contribution in [0.5, 0.6) is 11.5 Å². The van der Waals surface area contributed by atoms with Crippen molar-refractivity contribution >= 4 is 17.7 Å². The second-order valence-electron chi connectivity index (χ2n) is 8.27. The van der Waals surface area contributed by atoms with E-state index in [1.54, 1.807) is 32.4 Å². The first-order valence-corrected chi connectivity index (χ1v) is 10.7. The fourth-order valence-electron chi connectivity index (χ4n) is 3.92. The number of ether oxygens (including phenoxy) is 2. The number of nitrogens with zero attached hydrogens (tertiary/aromatic N) is 3. The van der Waals surface area contributed by atoms with Crippen molar-refractivity contribution in [3.05, 3.63) is 35.5 Å². The molecule has 1 aliphatic carbocycles. The minimum Gasteiger partial charge on any atom is -0.497 e. The van der Waals surface area contributed by atoms with Crippen molar-refractivity contribution in [1.29, 1.82) is 0 Å². The van der Waals surface area contributed by atoms with Gasteiger partial charge >= 0.3 is 0 Å². The van der Waals surface area contributed by atoms with Gasteiger partial charge in [-0.1, -0.05) is 0 Å². The highest BCUT2D eigenvalue weighted by molar-refractivity contribution is 5.95. The minimum atomic E-state index is -0.0944. The number of methoxy groups -OCH3 is 2. The number of carbonyl (C=O) groups is 1. The zero-order valence-corrected chi connectivity index (χ0v) is 19.1. The number of nitrogens with one attached hydrogen (secondary N) is 2. The molecule has 3 rings (SSSR count). The van der Waals surface area contributed by atoms with Gasteiger partial charge in [0.15, 0.2) is 0 Å². The second-order valence-corrected chi connectivity index (χ2v) is 8.27. The standard InChI is InChI=1S/C23H33N5O3/c1-15-13-24-23(27-21(15)28(2)3)25-14-16-6-8-18(9-7-16)26-22(29)17-10-19(30-4)12-20(11-17)31-5/h10-13,16,18H,6-9,14H2,1-5H3,(H,26,29)(H,24,25,27). The average molecular weight is 428 g/mol. The van der Waals surface area contributed by atoms with Crippen LogP contribution in [0.15, 0.2) is 24.4 Å². The molecule has 2 N–H and O–H groups in total. The Morgan fingerprint density at radius 2 is 1.74 bits per heavy atom. The van der Waals surface area contributed by atoms with Gasteiger partial charge in [-0.15, -0.1) is 0 Å². The molecule has 0 atom stereocenters. The van der Waals surface area contributed by atoms with Crippen LogP contribution in [0.2, 0.25) is 0 Å². The van der Waals surface area contributed by atoms with Crippen LogP contribution in [-0.2, 0) is 0 Å². The molecule has 1 aromatic carbocycles. The third-order valence-electron chi connectivity index (χ3n) is 5.71. The van der Waals surface area contributed by atoms with Crippen LogP contribution in [0.25, 0.3) is 0 Å². The van der Waals surface area contributed by atoms with E-state index >= 15 is 0 Å². The number of anilines is 2. The Morgan fingerprint density at radius 1 is 1.10 bits per heavy atom. The molecule has 8 nitrogen and oxygen atoms in total. The maximum atomic E-state index is 12.7. The molecule has 1 aromatic heterocycles. The molecule has 31 heavy (non-hydrogen) atoms. The Kier molecular flexibility index (Phi) is 7.55. The number of hydrogen-bond acceptors (Lipinski definition) is 7. The van der Waals surface area contributed by atoms with Crippen LogP contribution >= 0.6 is 0 Å². The lowest BCUT2D eigenvalue weighted by Crippen LogP contribution is -2.38. The highest BCUT2D eigenvalue weighted by Gasteiger charge is 2.23. The predicted octanol–water partition coefficient (Wildman–Crippen LogP) is 3.27. The SMILES string of the molecule is COc1cc(OC)cc(C(=O)NC2CCC(CNc3ncc(C)c(N(C)C)n3)CC2)c1. The van der Waals surface area contributed by atoms with Gasteiger partial charge in [-0.25, -0.2) is 4.98 Å². The molecule has 0 radical (unpaired) electrons. The summed E-state index contributed by atoms with van der Waals surface area (Å²) in [7, 11) is 7.12. The van der Waals surface area contributed by atoms with Crippen molar-refractivity contribution in [3.63, 3.8) is 0 Å². The van der Waals surface area contributed by atoms with E-state index in [2.05, 4.69) is 20.6 Å². The predicted molar refractivity (Wildman–Crippen MR) is 122 cm³/mol. The maximum Gasteiger partial charge on any atom is 0.251 e. The number of rotatable bonds is 8. The van der Waals surface area contributed by atoms with Crippen molar-refractivity contribution in [2.75, 3.05) is 45.1 Å². The topological polar surface area (TPSA) is 88.6 Å². The van der Waals surface area contributed by atoms with E-state index in [-0.39, 0.29) is 11.9 Å². The molecule has 0 spiro atoms. The van der Waals surface area contributed by atoms with Crippen LogP contribution in [0, 0.1) is 12.8 Å². The molecule has 0 aliphatic heterocycles. The van der Waals surface area contributed by atoms with Crippen LogP contribution in [0.4, 0.5) is 11.8 Å². The van der Waals surface area contributed by atoms with Gasteiger partial charge in [0.05, 0.1) is 14.2 Å². The highest BCUT2D eigenvalue weighted by atomic mass is 16.5. The molecule has 2 aromatic rings. The maximum absolute atomic E-state index is 12.7. The van der Waals surface area contributed by atoms with Gasteiger partial charge in [-0.2, -0.15) is 4.98 Å². The fourth-order valence-corrected chi connectivity index (χ4v) is 3.92. The number of aromatic nitrogens is 2. The van der Waals surface area contributed by atoms with Crippen molar-refractivity contribution < 1.29 is 14.3 Å². The number of benzene rings is 1. The molecule has 0 saturated heterocycles. The summed E-state index contributed by atoms with van der Waals surface area (Å²) < 4.78 is 10.5. The lowest BCUT2D eigenvalue weighted by Gasteiger charge is -2.29. The van der Waals surface area contributed by atoms with Gasteiger partial charge in [-0.05, 0) is 50.7 Å². The minimum absolute atomic E-state index is 0.0944. The third kappa shape index (κ3) is 5.99. The number of hydrogen-bond donors (Lipinski definition) is 2. The van der Waals surface area contributed by atoms with Crippen LogP contribution in [0.1, 0.15) is 41.6 Å². The van der Waals surface area contributed by atoms with Gasteiger partial charge in [-0.3, -0.25) is 4.79 Å². The lowest BCUT2D eigenvalue weighted by molar-refractivity contribution is 0.0922. The van der Waals surface area contributed by atoms with E-state index in [1.165, 1.54) is 0 Å². The van der Waals surface area contributed by atoms with Gasteiger partial charge < -0.3 is 25.0 Å². The van der Waals surface area contributed by atoms with E-state index in [0.29, 0.717) is 28.9 Å². The summed E-state index contributed by atoms with van der Waals surface area (Å²) in [6.07, 6.45) is 5.86. The number of carbonyl (C=O) groups excluding carboxylic acids is 1. The van der Waals surface area contributed by atoms with Crippen LogP contribution < -0.4 is 25.0 Å². The zero-order chi connectivity index (χ0) is 22.4. The van der Waals surface area contributed by atoms with Gasteiger partial charge in [0.2, 0.25) is 5.95 Å². The monoisotopic (exact) mass is 427 g/mol. The van der Waals surface area contributed by atoms with Gasteiger partial charge in [0.1, 0.15) is 17.3 Å². The molecule has 8 heteroatoms. The Labute approximate surface area is 184 Å². The third-order valence-corrected chi connectivity index (χ3v) is 5.71. The lowest BCUT2D eigenvalue weighted by atomic mass is 9.86. The molecule has 1 heterocycles. The van der Waals surface area contributed by atoms with Crippen molar-refractivity contribution in [3.8, 4) is 11.5 Å². The Bertz CT molecular complexity index is 873. The molecule has 1 saturated carbocycles. The average Bonchev–Trinajstić information content (AvgIpc) is 2.78. The Balaban J connectivity index is 1.49. The zero-order valence-electron chi connectivity index (χ0n) is 19.1. The Morgan fingerprint density at radius 3 is 2.32 bits per heavy atom. The smallest absolute Gasteiger partial charge is 0.251 e. The summed E-state index contributed by atoms with van der Waals surface area (Å²) >= 11 is 0. The number of amides is 1. The molecule has 1 amide bonds. The van der Waals surface area contributed by atoms with E-state index in [4.69, 9.17) is 9.47 Å². The summed E-state index contributed by atoms with van der Waals surface area (Å²) in [5.41, 5.74) is 1.61. The quantitative estimate of drug-likeness (QED) is 0.668. The summed E-state index contributed by atoms with van der Waals surface area (Å²) in [5.74, 6) is 3.25. The van der Waals surface area contributed by atoms with Crippen molar-refractivity contribution in [2.45, 2.75) is 38.6 Å². The second kappa shape index (κ2) is 10.3. The van der Waals surface area contributed by atoms with Crippen LogP contribution in [-0.4, -0.2) is 56.8 Å². The van der Waals surface area contributed by atoms with Crippen molar-refractivity contribution in [2.24, 2.45) is 5.92 Å². The molecule has 0 unspecified atom stereocenters. The molecular weight excluding hydrogens is 394 g/mol. The molecule has 0 bridgehead atoms. The van der Waals surface area contributed by atoms with Gasteiger partial charge in [0, 0.05) is 50.1 Å². The summed E-state index contributed by atoms with van der Waals surface area (Å²) in [4.78, 5) is 23.7. The molecular formula is C23H33N5O3. The van der Waals surface area contributed by atoms with E-state index in [1.807, 2.05) is 32.1 Å². The highest BCUT2D eigenvalue weighted by Crippen LogP contribution is 2.26. The van der Waals surface area contributed by atoms with Gasteiger partial charge in [0.25, 0.3) is 5.91 Å².